The van der Waals surface area contributed by atoms with Crippen LogP contribution in [0.4, 0.5) is 0 Å². The molecule has 4 amide bonds. The number of likely N-dealkylation sites (tertiary alicyclic amines) is 2. The second-order valence-electron chi connectivity index (χ2n) is 9.67. The van der Waals surface area contributed by atoms with Gasteiger partial charge in [0.2, 0.25) is 11.8 Å². The molecule has 2 aliphatic heterocycles. The Hall–Kier alpha value is -2.30. The van der Waals surface area contributed by atoms with E-state index in [9.17, 15) is 24.3 Å². The monoisotopic (exact) mass is 614 g/mol. The number of benzene rings is 1. The highest BCUT2D eigenvalue weighted by Crippen LogP contribution is 2.67. The molecule has 12 heteroatoms. The molecule has 0 bridgehead atoms. The van der Waals surface area contributed by atoms with Crippen molar-refractivity contribution >= 4 is 62.8 Å². The van der Waals surface area contributed by atoms with Crippen molar-refractivity contribution < 1.29 is 33.8 Å². The quantitative estimate of drug-likeness (QED) is 0.234. The Morgan fingerprint density at radius 3 is 2.35 bits per heavy atom. The fourth-order valence-corrected chi connectivity index (χ4v) is 8.02. The molecule has 2 heterocycles. The number of amides is 4. The molecule has 6 atom stereocenters. The molecule has 3 fully saturated rings. The predicted molar refractivity (Wildman–Crippen MR) is 137 cm³/mol. The number of carbonyl (C=O) groups excluding carboxylic acids is 4. The maximum absolute atomic E-state index is 13.8. The number of phenols is 1. The van der Waals surface area contributed by atoms with Gasteiger partial charge in [-0.3, -0.25) is 29.0 Å². The highest BCUT2D eigenvalue weighted by Gasteiger charge is 2.76. The van der Waals surface area contributed by atoms with Gasteiger partial charge in [0.05, 0.1) is 31.5 Å². The number of hydrogen-bond acceptors (Lipinski definition) is 7. The van der Waals surface area contributed by atoms with Gasteiger partial charge in [-0.25, -0.2) is 0 Å². The molecule has 198 valence electrons. The van der Waals surface area contributed by atoms with Crippen LogP contribution in [0.25, 0.3) is 0 Å². The SMILES string of the molecule is CCN1C(=O)C2CC=C3C(CC4(Cl)C(=O)N(CBr)C(=O)C4(Cl)C3c3c(O)cc(OC)cc3OC)C2C1=O. The first-order valence-corrected chi connectivity index (χ1v) is 13.7. The minimum atomic E-state index is -2.04. The van der Waals surface area contributed by atoms with Crippen molar-refractivity contribution in [3.63, 3.8) is 0 Å². The van der Waals surface area contributed by atoms with E-state index < -0.39 is 45.2 Å². The molecule has 1 aromatic rings. The number of alkyl halides is 3. The summed E-state index contributed by atoms with van der Waals surface area (Å²) in [5, 5.41) is 11.2. The molecule has 0 aromatic heterocycles. The molecule has 2 saturated heterocycles. The molecular formula is C25H25BrCl2N2O7. The van der Waals surface area contributed by atoms with Crippen LogP contribution >= 0.6 is 39.1 Å². The second-order valence-corrected chi connectivity index (χ2v) is 11.4. The zero-order valence-electron chi connectivity index (χ0n) is 20.3. The lowest BCUT2D eigenvalue weighted by atomic mass is 9.56. The van der Waals surface area contributed by atoms with E-state index in [0.717, 1.165) is 4.90 Å². The molecule has 2 aliphatic carbocycles. The van der Waals surface area contributed by atoms with E-state index in [0.29, 0.717) is 11.3 Å². The van der Waals surface area contributed by atoms with Crippen LogP contribution in [0.5, 0.6) is 17.2 Å². The molecule has 1 aromatic carbocycles. The summed E-state index contributed by atoms with van der Waals surface area (Å²) in [7, 11) is 2.82. The number of allylic oxidation sites excluding steroid dienone is 2. The van der Waals surface area contributed by atoms with Crippen LogP contribution in [-0.4, -0.2) is 74.5 Å². The van der Waals surface area contributed by atoms with Gasteiger partial charge in [-0.1, -0.05) is 27.6 Å². The van der Waals surface area contributed by atoms with E-state index in [-0.39, 0.29) is 53.7 Å². The molecule has 37 heavy (non-hydrogen) atoms. The lowest BCUT2D eigenvalue weighted by Gasteiger charge is -2.51. The Kier molecular flexibility index (Phi) is 6.32. The van der Waals surface area contributed by atoms with E-state index in [1.54, 1.807) is 13.0 Å². The summed E-state index contributed by atoms with van der Waals surface area (Å²) in [5.74, 6) is -5.00. The fourth-order valence-electron chi connectivity index (χ4n) is 6.61. The number of methoxy groups -OCH3 is 2. The number of hydrogen-bond donors (Lipinski definition) is 1. The van der Waals surface area contributed by atoms with Crippen LogP contribution in [0.3, 0.4) is 0 Å². The lowest BCUT2D eigenvalue weighted by molar-refractivity contribution is -0.141. The van der Waals surface area contributed by atoms with E-state index in [1.807, 2.05) is 0 Å². The first kappa shape index (κ1) is 26.3. The standard InChI is InChI=1S/C25H25BrCl2N2O7/c1-4-29-20(32)13-6-5-12-14(17(13)21(29)33)9-24(27)22(34)30(10-26)23(35)25(24,28)19(12)18-15(31)7-11(36-2)8-16(18)37-3/h5,7-8,13-14,17,19,31H,4,6,9-10H2,1-3H3. The Morgan fingerprint density at radius 1 is 1.05 bits per heavy atom. The number of phenolic OH excluding ortho intramolecular Hbond substituents is 1. The molecule has 1 N–H and O–H groups in total. The van der Waals surface area contributed by atoms with Gasteiger partial charge in [0, 0.05) is 30.2 Å². The van der Waals surface area contributed by atoms with Gasteiger partial charge in [-0.2, -0.15) is 0 Å². The Balaban J connectivity index is 1.79. The molecular weight excluding hydrogens is 591 g/mol. The number of ether oxygens (including phenoxy) is 2. The highest BCUT2D eigenvalue weighted by atomic mass is 79.9. The molecule has 6 unspecified atom stereocenters. The zero-order valence-corrected chi connectivity index (χ0v) is 23.4. The number of halogens is 3. The van der Waals surface area contributed by atoms with Crippen molar-refractivity contribution in [1.29, 1.82) is 0 Å². The van der Waals surface area contributed by atoms with Crippen molar-refractivity contribution in [1.82, 2.24) is 9.80 Å². The third-order valence-electron chi connectivity index (χ3n) is 8.26. The van der Waals surface area contributed by atoms with E-state index >= 15 is 0 Å². The average Bonchev–Trinajstić information content (AvgIpc) is 3.21. The summed E-state index contributed by atoms with van der Waals surface area (Å²) in [6, 6.07) is 2.89. The number of imide groups is 2. The predicted octanol–water partition coefficient (Wildman–Crippen LogP) is 3.14. The van der Waals surface area contributed by atoms with Crippen molar-refractivity contribution in [2.45, 2.75) is 35.4 Å². The summed E-state index contributed by atoms with van der Waals surface area (Å²) in [4.78, 5) is 52.1. The third-order valence-corrected chi connectivity index (χ3v) is 10.2. The summed E-state index contributed by atoms with van der Waals surface area (Å²) >= 11 is 17.5. The van der Waals surface area contributed by atoms with Crippen LogP contribution < -0.4 is 9.47 Å². The normalized spacial score (nSPS) is 34.8. The number of fused-ring (bicyclic) bond motifs is 4. The molecule has 0 spiro atoms. The minimum Gasteiger partial charge on any atom is -0.507 e. The lowest BCUT2D eigenvalue weighted by Crippen LogP contribution is -2.60. The number of aromatic hydroxyl groups is 1. The smallest absolute Gasteiger partial charge is 0.254 e. The molecule has 1 saturated carbocycles. The van der Waals surface area contributed by atoms with Crippen LogP contribution in [0, 0.1) is 17.8 Å². The first-order valence-electron chi connectivity index (χ1n) is 11.8. The topological polar surface area (TPSA) is 113 Å². The maximum atomic E-state index is 13.8. The average molecular weight is 616 g/mol. The Bertz CT molecular complexity index is 1270. The highest BCUT2D eigenvalue weighted by molar-refractivity contribution is 9.09. The van der Waals surface area contributed by atoms with Crippen molar-refractivity contribution in [3.05, 3.63) is 29.3 Å². The zero-order chi connectivity index (χ0) is 27.0. The molecule has 0 radical (unpaired) electrons. The van der Waals surface area contributed by atoms with Gasteiger partial charge >= 0.3 is 0 Å². The summed E-state index contributed by atoms with van der Waals surface area (Å²) < 4.78 is 10.8. The number of nitrogens with zero attached hydrogens (tertiary/aromatic N) is 2. The molecule has 4 aliphatic rings. The minimum absolute atomic E-state index is 0.120. The van der Waals surface area contributed by atoms with Gasteiger partial charge in [-0.05, 0) is 25.7 Å². The van der Waals surface area contributed by atoms with Crippen LogP contribution in [0.15, 0.2) is 23.8 Å². The van der Waals surface area contributed by atoms with Crippen molar-refractivity contribution in [3.8, 4) is 17.2 Å². The largest absolute Gasteiger partial charge is 0.507 e. The van der Waals surface area contributed by atoms with Crippen LogP contribution in [0.1, 0.15) is 31.2 Å². The second kappa shape index (κ2) is 8.88. The van der Waals surface area contributed by atoms with Gasteiger partial charge < -0.3 is 14.6 Å². The van der Waals surface area contributed by atoms with Gasteiger partial charge in [0.15, 0.2) is 9.75 Å². The number of carbonyl (C=O) groups is 4. The molecule has 5 rings (SSSR count). The van der Waals surface area contributed by atoms with Crippen LogP contribution in [-0.2, 0) is 19.2 Å². The van der Waals surface area contributed by atoms with Crippen LogP contribution in [0.2, 0.25) is 0 Å². The number of rotatable bonds is 5. The van der Waals surface area contributed by atoms with Gasteiger partial charge in [0.1, 0.15) is 17.2 Å². The summed E-state index contributed by atoms with van der Waals surface area (Å²) in [5.41, 5.74) is 0.588. The Morgan fingerprint density at radius 2 is 1.76 bits per heavy atom. The fraction of sp³-hybridized carbons (Fsp3) is 0.520. The third kappa shape index (κ3) is 3.21. The van der Waals surface area contributed by atoms with E-state index in [1.165, 1.54) is 31.3 Å². The summed E-state index contributed by atoms with van der Waals surface area (Å²) in [6.07, 6.45) is 1.93. The Labute approximate surface area is 231 Å². The van der Waals surface area contributed by atoms with Crippen molar-refractivity contribution in [2.75, 3.05) is 26.2 Å². The van der Waals surface area contributed by atoms with E-state index in [4.69, 9.17) is 32.7 Å². The van der Waals surface area contributed by atoms with Gasteiger partial charge in [0.25, 0.3) is 11.8 Å². The molecule has 9 nitrogen and oxygen atoms in total. The first-order chi connectivity index (χ1) is 17.5. The van der Waals surface area contributed by atoms with E-state index in [2.05, 4.69) is 15.9 Å². The maximum Gasteiger partial charge on any atom is 0.254 e. The van der Waals surface area contributed by atoms with Crippen molar-refractivity contribution in [2.24, 2.45) is 17.8 Å². The van der Waals surface area contributed by atoms with Gasteiger partial charge in [-0.15, -0.1) is 23.2 Å². The summed E-state index contributed by atoms with van der Waals surface area (Å²) in [6.45, 7) is 1.95.